The predicted molar refractivity (Wildman–Crippen MR) is 210 cm³/mol. The number of fused-ring (bicyclic) bond motifs is 6. The van der Waals surface area contributed by atoms with E-state index in [0.29, 0.717) is 62.8 Å². The molecule has 0 unspecified atom stereocenters. The number of amides is 1. The van der Waals surface area contributed by atoms with Crippen molar-refractivity contribution in [1.29, 1.82) is 0 Å². The van der Waals surface area contributed by atoms with E-state index in [0.717, 1.165) is 51.5 Å². The SMILES string of the molecule is CC#Cc1c(C)c(N2CC3=CCO[C@H]4CC(=O)N5c6cc(OC)c(OC)cc6[C@@]6(CCOc7ccc(OC)cc7)[C@@H]5[C@H]4[C@@H]3C[C@@H]26)cc2c1CCN2S(C)(=O)=O. The second-order valence-corrected chi connectivity index (χ2v) is 17.4. The summed E-state index contributed by atoms with van der Waals surface area (Å²) in [5.74, 6) is 9.42. The Morgan fingerprint density at radius 1 is 0.982 bits per heavy atom. The van der Waals surface area contributed by atoms with Crippen molar-refractivity contribution in [3.8, 4) is 34.8 Å². The molecule has 9 rings (SSSR count). The van der Waals surface area contributed by atoms with Crippen LogP contribution in [0.4, 0.5) is 17.1 Å². The fourth-order valence-electron chi connectivity index (χ4n) is 11.0. The lowest BCUT2D eigenvalue weighted by Crippen LogP contribution is -2.72. The molecule has 12 heteroatoms. The van der Waals surface area contributed by atoms with E-state index in [4.69, 9.17) is 23.7 Å². The molecule has 1 saturated carbocycles. The van der Waals surface area contributed by atoms with Gasteiger partial charge in [-0.15, -0.1) is 5.92 Å². The molecule has 11 nitrogen and oxygen atoms in total. The van der Waals surface area contributed by atoms with Gasteiger partial charge in [-0.2, -0.15) is 0 Å². The maximum Gasteiger partial charge on any atom is 0.232 e. The second kappa shape index (κ2) is 13.1. The molecule has 1 aliphatic carbocycles. The summed E-state index contributed by atoms with van der Waals surface area (Å²) in [7, 11) is 1.37. The molecule has 1 amide bonds. The number of piperidine rings is 2. The van der Waals surface area contributed by atoms with Gasteiger partial charge in [0.05, 0.1) is 70.7 Å². The number of anilines is 3. The van der Waals surface area contributed by atoms with Gasteiger partial charge in [0.2, 0.25) is 15.9 Å². The lowest BCUT2D eigenvalue weighted by molar-refractivity contribution is -0.131. The second-order valence-electron chi connectivity index (χ2n) is 15.5. The average Bonchev–Trinajstić information content (AvgIpc) is 3.68. The molecule has 2 bridgehead atoms. The molecular weight excluding hydrogens is 719 g/mol. The van der Waals surface area contributed by atoms with Gasteiger partial charge in [-0.25, -0.2) is 8.42 Å². The van der Waals surface area contributed by atoms with E-state index < -0.39 is 15.4 Å². The first-order chi connectivity index (χ1) is 26.5. The van der Waals surface area contributed by atoms with Gasteiger partial charge in [-0.1, -0.05) is 12.0 Å². The van der Waals surface area contributed by atoms with Gasteiger partial charge in [-0.3, -0.25) is 9.10 Å². The third kappa shape index (κ3) is 5.26. The highest BCUT2D eigenvalue weighted by Gasteiger charge is 2.69. The molecule has 3 aromatic rings. The molecule has 5 aliphatic heterocycles. The van der Waals surface area contributed by atoms with Crippen LogP contribution >= 0.6 is 0 Å². The summed E-state index contributed by atoms with van der Waals surface area (Å²) in [4.78, 5) is 19.1. The van der Waals surface area contributed by atoms with Crippen molar-refractivity contribution in [3.63, 3.8) is 0 Å². The van der Waals surface area contributed by atoms with E-state index in [-0.39, 0.29) is 35.9 Å². The topological polar surface area (TPSA) is 107 Å². The minimum atomic E-state index is -3.53. The summed E-state index contributed by atoms with van der Waals surface area (Å²) in [5.41, 5.74) is 7.05. The third-order valence-electron chi connectivity index (χ3n) is 13.2. The molecule has 0 radical (unpaired) electrons. The van der Waals surface area contributed by atoms with Gasteiger partial charge in [-0.05, 0) is 97.7 Å². The highest BCUT2D eigenvalue weighted by molar-refractivity contribution is 7.92. The number of rotatable bonds is 9. The van der Waals surface area contributed by atoms with Gasteiger partial charge >= 0.3 is 0 Å². The molecule has 6 aliphatic rings. The largest absolute Gasteiger partial charge is 0.497 e. The van der Waals surface area contributed by atoms with Gasteiger partial charge < -0.3 is 33.5 Å². The Bertz CT molecular complexity index is 2300. The monoisotopic (exact) mass is 765 g/mol. The molecule has 0 aromatic heterocycles. The first kappa shape index (κ1) is 35.8. The van der Waals surface area contributed by atoms with Crippen LogP contribution in [-0.4, -0.2) is 86.4 Å². The highest BCUT2D eigenvalue weighted by atomic mass is 32.2. The van der Waals surface area contributed by atoms with Crippen LogP contribution in [0.3, 0.4) is 0 Å². The van der Waals surface area contributed by atoms with Crippen molar-refractivity contribution in [2.75, 3.05) is 68.0 Å². The Hall–Kier alpha value is -4.86. The molecule has 55 heavy (non-hydrogen) atoms. The summed E-state index contributed by atoms with van der Waals surface area (Å²) in [6, 6.07) is 13.4. The van der Waals surface area contributed by atoms with Gasteiger partial charge in [0, 0.05) is 47.8 Å². The lowest BCUT2D eigenvalue weighted by Gasteiger charge is -2.62. The van der Waals surface area contributed by atoms with Crippen LogP contribution < -0.4 is 33.1 Å². The van der Waals surface area contributed by atoms with Crippen LogP contribution in [0.5, 0.6) is 23.0 Å². The van der Waals surface area contributed by atoms with E-state index in [1.165, 1.54) is 16.1 Å². The van der Waals surface area contributed by atoms with Crippen LogP contribution in [-0.2, 0) is 31.4 Å². The minimum absolute atomic E-state index is 0.0330. The normalized spacial score (nSPS) is 27.0. The Balaban J connectivity index is 1.28. The van der Waals surface area contributed by atoms with Crippen LogP contribution in [0.15, 0.2) is 54.1 Å². The highest BCUT2D eigenvalue weighted by Crippen LogP contribution is 2.65. The first-order valence-electron chi connectivity index (χ1n) is 19.0. The number of carbonyl (C=O) groups excluding carboxylic acids is 1. The summed E-state index contributed by atoms with van der Waals surface area (Å²) in [6.45, 7) is 5.78. The number of ether oxygens (including phenoxy) is 5. The molecule has 288 valence electrons. The zero-order valence-corrected chi connectivity index (χ0v) is 33.0. The van der Waals surface area contributed by atoms with Crippen molar-refractivity contribution in [1.82, 2.24) is 0 Å². The summed E-state index contributed by atoms with van der Waals surface area (Å²) < 4.78 is 58.3. The van der Waals surface area contributed by atoms with Gasteiger partial charge in [0.1, 0.15) is 11.5 Å². The quantitative estimate of drug-likeness (QED) is 0.210. The molecule has 6 atom stereocenters. The standard InChI is InChI=1S/C43H47N3O8S/c1-7-8-29-25(2)33(21-34-30(29)13-16-45(34)55(6,48)49)44-24-26-14-17-54-38-23-40(47)46-35-22-37(52-5)36(51-4)20-32(35)43(39(44)19-31(26)41(38)42(43)46)15-18-53-28-11-9-27(50-3)10-12-28/h9-12,14,20-22,31,38-39,41-42H,13,15-19,23-24H2,1-6H3/t31-,38+,39-,41+,42+,43-/m1/s1. The molecule has 3 fully saturated rings. The van der Waals surface area contributed by atoms with E-state index in [1.54, 1.807) is 21.3 Å². The van der Waals surface area contributed by atoms with Crippen LogP contribution in [0.1, 0.15) is 48.4 Å². The van der Waals surface area contributed by atoms with Crippen molar-refractivity contribution >= 4 is 33.0 Å². The fourth-order valence-corrected chi connectivity index (χ4v) is 12.0. The van der Waals surface area contributed by atoms with E-state index in [1.807, 2.05) is 37.3 Å². The van der Waals surface area contributed by atoms with Crippen LogP contribution in [0.25, 0.3) is 0 Å². The number of hydrogen-bond donors (Lipinski definition) is 0. The maximum atomic E-state index is 14.5. The van der Waals surface area contributed by atoms with Crippen molar-refractivity contribution < 1.29 is 36.9 Å². The zero-order valence-electron chi connectivity index (χ0n) is 32.2. The molecule has 5 heterocycles. The van der Waals surface area contributed by atoms with Crippen LogP contribution in [0.2, 0.25) is 0 Å². The Morgan fingerprint density at radius 2 is 1.73 bits per heavy atom. The van der Waals surface area contributed by atoms with Crippen LogP contribution in [0, 0.1) is 30.6 Å². The molecule has 3 aromatic carbocycles. The summed E-state index contributed by atoms with van der Waals surface area (Å²) >= 11 is 0. The molecule has 0 N–H and O–H groups in total. The number of benzene rings is 3. The summed E-state index contributed by atoms with van der Waals surface area (Å²) in [5, 5.41) is 0. The van der Waals surface area contributed by atoms with Crippen molar-refractivity contribution in [3.05, 3.63) is 76.4 Å². The number of nitrogens with zero attached hydrogens (tertiary/aromatic N) is 3. The smallest absolute Gasteiger partial charge is 0.232 e. The molecule has 0 spiro atoms. The fraction of sp³-hybridized carbons (Fsp3) is 0.465. The van der Waals surface area contributed by atoms with Crippen molar-refractivity contribution in [2.24, 2.45) is 11.8 Å². The number of hydrogen-bond acceptors (Lipinski definition) is 9. The minimum Gasteiger partial charge on any atom is -0.497 e. The lowest BCUT2D eigenvalue weighted by atomic mass is 9.51. The first-order valence-corrected chi connectivity index (χ1v) is 20.9. The van der Waals surface area contributed by atoms with Crippen molar-refractivity contribution in [2.45, 2.75) is 63.1 Å². The summed E-state index contributed by atoms with van der Waals surface area (Å²) in [6.07, 6.45) is 5.61. The van der Waals surface area contributed by atoms with E-state index in [9.17, 15) is 13.2 Å². The molecule has 2 saturated heterocycles. The Labute approximate surface area is 323 Å². The zero-order chi connectivity index (χ0) is 38.4. The maximum absolute atomic E-state index is 14.5. The Kier molecular flexibility index (Phi) is 8.55. The third-order valence-corrected chi connectivity index (χ3v) is 14.4. The number of sulfonamides is 1. The van der Waals surface area contributed by atoms with Gasteiger partial charge in [0.15, 0.2) is 11.5 Å². The average molecular weight is 766 g/mol. The predicted octanol–water partition coefficient (Wildman–Crippen LogP) is 5.39. The number of carbonyl (C=O) groups is 1. The van der Waals surface area contributed by atoms with E-state index >= 15 is 0 Å². The van der Waals surface area contributed by atoms with E-state index in [2.05, 4.69) is 46.8 Å². The number of methoxy groups -OCH3 is 3. The van der Waals surface area contributed by atoms with Gasteiger partial charge in [0.25, 0.3) is 0 Å². The molecular formula is C43H47N3O8S. The Morgan fingerprint density at radius 3 is 2.44 bits per heavy atom.